The molecular weight excluding hydrogens is 302 g/mol. The Labute approximate surface area is 96.9 Å². The van der Waals surface area contributed by atoms with E-state index in [4.69, 9.17) is 5.11 Å². The third-order valence-electron chi connectivity index (χ3n) is 1.37. The van der Waals surface area contributed by atoms with E-state index in [0.29, 0.717) is 12.3 Å². The first-order chi connectivity index (χ1) is 6.32. The molecule has 0 aliphatic carbocycles. The van der Waals surface area contributed by atoms with Crippen LogP contribution in [0, 0.1) is 0 Å². The van der Waals surface area contributed by atoms with Gasteiger partial charge in [0.1, 0.15) is 0 Å². The third-order valence-corrected chi connectivity index (χ3v) is 1.98. The van der Waals surface area contributed by atoms with Crippen molar-refractivity contribution in [3.63, 3.8) is 0 Å². The van der Waals surface area contributed by atoms with Gasteiger partial charge in [-0.1, -0.05) is 0 Å². The van der Waals surface area contributed by atoms with Crippen LogP contribution in [0.1, 0.15) is 16.1 Å². The monoisotopic (exact) mass is 305 g/mol. The molecule has 0 amide bonds. The summed E-state index contributed by atoms with van der Waals surface area (Å²) in [6.45, 7) is 0. The molecule has 1 aromatic heterocycles. The Kier molecular flexibility index (Phi) is 4.54. The van der Waals surface area contributed by atoms with Crippen molar-refractivity contribution in [3.05, 3.63) is 28.0 Å². The first-order valence-electron chi connectivity index (χ1n) is 3.28. The number of rotatable bonds is 1. The molecule has 8 heteroatoms. The minimum atomic E-state index is -4.52. The Morgan fingerprint density at radius 1 is 1.47 bits per heavy atom. The highest BCUT2D eigenvalue weighted by molar-refractivity contribution is 9.10. The number of pyridine rings is 1. The third kappa shape index (κ3) is 3.35. The van der Waals surface area contributed by atoms with Gasteiger partial charge in [0.2, 0.25) is 0 Å². The zero-order valence-electron chi connectivity index (χ0n) is 6.88. The van der Waals surface area contributed by atoms with E-state index in [2.05, 4.69) is 20.9 Å². The molecule has 15 heavy (non-hydrogen) atoms. The number of aromatic carboxylic acids is 1. The predicted molar refractivity (Wildman–Crippen MR) is 51.1 cm³/mol. The quantitative estimate of drug-likeness (QED) is 0.868. The number of alkyl halides is 3. The summed E-state index contributed by atoms with van der Waals surface area (Å²) < 4.78 is 36.1. The average Bonchev–Trinajstić information content (AvgIpc) is 2.01. The van der Waals surface area contributed by atoms with E-state index < -0.39 is 23.4 Å². The molecule has 0 fully saturated rings. The second-order valence-electron chi connectivity index (χ2n) is 2.36. The summed E-state index contributed by atoms with van der Waals surface area (Å²) in [5, 5.41) is 8.49. The fourth-order valence-electron chi connectivity index (χ4n) is 0.750. The van der Waals surface area contributed by atoms with Crippen LogP contribution in [0.3, 0.4) is 0 Å². The molecule has 0 aliphatic heterocycles. The zero-order chi connectivity index (χ0) is 10.9. The molecule has 84 valence electrons. The number of carboxylic acid groups (broad SMARTS) is 1. The maximum absolute atomic E-state index is 12.1. The molecule has 0 atom stereocenters. The van der Waals surface area contributed by atoms with Crippen LogP contribution >= 0.6 is 28.3 Å². The van der Waals surface area contributed by atoms with Crippen molar-refractivity contribution < 1.29 is 23.1 Å². The summed E-state index contributed by atoms with van der Waals surface area (Å²) in [4.78, 5) is 13.6. The predicted octanol–water partition coefficient (Wildman–Crippen LogP) is 2.98. The first-order valence-corrected chi connectivity index (χ1v) is 4.07. The van der Waals surface area contributed by atoms with Gasteiger partial charge in [0.05, 0.1) is 10.0 Å². The van der Waals surface area contributed by atoms with Gasteiger partial charge in [0.25, 0.3) is 0 Å². The topological polar surface area (TPSA) is 50.2 Å². The van der Waals surface area contributed by atoms with E-state index in [9.17, 15) is 18.0 Å². The van der Waals surface area contributed by atoms with Gasteiger partial charge in [0.15, 0.2) is 5.69 Å². The van der Waals surface area contributed by atoms with Gasteiger partial charge in [-0.25, -0.2) is 9.78 Å². The smallest absolute Gasteiger partial charge is 0.417 e. The lowest BCUT2D eigenvalue weighted by Crippen LogP contribution is -2.09. The lowest BCUT2D eigenvalue weighted by Gasteiger charge is -2.06. The van der Waals surface area contributed by atoms with Gasteiger partial charge in [-0.15, -0.1) is 12.4 Å². The van der Waals surface area contributed by atoms with Crippen molar-refractivity contribution in [3.8, 4) is 0 Å². The Morgan fingerprint density at radius 2 is 2.00 bits per heavy atom. The maximum Gasteiger partial charge on any atom is 0.417 e. The number of hydrogen-bond donors (Lipinski definition) is 1. The van der Waals surface area contributed by atoms with Crippen LogP contribution in [0.5, 0.6) is 0 Å². The summed E-state index contributed by atoms with van der Waals surface area (Å²) in [6, 6.07) is 0.677. The molecule has 0 aromatic carbocycles. The second kappa shape index (κ2) is 4.80. The number of hydrogen-bond acceptors (Lipinski definition) is 2. The van der Waals surface area contributed by atoms with E-state index in [0.717, 1.165) is 0 Å². The van der Waals surface area contributed by atoms with E-state index in [1.54, 1.807) is 0 Å². The lowest BCUT2D eigenvalue weighted by molar-refractivity contribution is -0.137. The molecule has 1 heterocycles. The molecule has 1 N–H and O–H groups in total. The minimum Gasteiger partial charge on any atom is -0.476 e. The second-order valence-corrected chi connectivity index (χ2v) is 3.21. The van der Waals surface area contributed by atoms with Crippen LogP contribution in [-0.4, -0.2) is 16.1 Å². The van der Waals surface area contributed by atoms with E-state index in [-0.39, 0.29) is 16.9 Å². The van der Waals surface area contributed by atoms with Crippen LogP contribution in [0.25, 0.3) is 0 Å². The molecule has 0 saturated carbocycles. The number of carbonyl (C=O) groups is 1. The average molecular weight is 306 g/mol. The highest BCUT2D eigenvalue weighted by atomic mass is 79.9. The van der Waals surface area contributed by atoms with Gasteiger partial charge >= 0.3 is 12.1 Å². The largest absolute Gasteiger partial charge is 0.476 e. The summed E-state index contributed by atoms with van der Waals surface area (Å²) in [6.07, 6.45) is -4.04. The van der Waals surface area contributed by atoms with Gasteiger partial charge in [-0.2, -0.15) is 13.2 Å². The summed E-state index contributed by atoms with van der Waals surface area (Å²) in [5.74, 6) is -1.38. The molecule has 0 radical (unpaired) electrons. The minimum absolute atomic E-state index is 0. The highest BCUT2D eigenvalue weighted by Gasteiger charge is 2.31. The number of halogens is 5. The van der Waals surface area contributed by atoms with Crippen LogP contribution in [0.2, 0.25) is 0 Å². The number of nitrogens with zero attached hydrogens (tertiary/aromatic N) is 1. The normalized spacial score (nSPS) is 10.7. The summed E-state index contributed by atoms with van der Waals surface area (Å²) in [5.41, 5.74) is -1.44. The van der Waals surface area contributed by atoms with Gasteiger partial charge in [-0.3, -0.25) is 0 Å². The first kappa shape index (κ1) is 14.2. The molecule has 0 saturated heterocycles. The Balaban J connectivity index is 0.00000196. The van der Waals surface area contributed by atoms with Crippen molar-refractivity contribution in [2.75, 3.05) is 0 Å². The number of aromatic nitrogens is 1. The van der Waals surface area contributed by atoms with Crippen LogP contribution in [0.4, 0.5) is 13.2 Å². The van der Waals surface area contributed by atoms with Crippen LogP contribution < -0.4 is 0 Å². The Morgan fingerprint density at radius 3 is 2.33 bits per heavy atom. The molecular formula is C7H4BrClF3NO2. The standard InChI is InChI=1S/C7H3BrF3NO2.ClH/c8-4-1-3(7(9,10)11)2-12-5(4)6(13)14;/h1-2H,(H,13,14);1H. The van der Waals surface area contributed by atoms with Crippen molar-refractivity contribution in [2.45, 2.75) is 6.18 Å². The lowest BCUT2D eigenvalue weighted by atomic mass is 10.2. The van der Waals surface area contributed by atoms with Crippen molar-refractivity contribution >= 4 is 34.3 Å². The van der Waals surface area contributed by atoms with Crippen LogP contribution in [-0.2, 0) is 6.18 Å². The molecule has 3 nitrogen and oxygen atoms in total. The van der Waals surface area contributed by atoms with Gasteiger partial charge in [-0.05, 0) is 22.0 Å². The fraction of sp³-hybridized carbons (Fsp3) is 0.143. The molecule has 0 bridgehead atoms. The van der Waals surface area contributed by atoms with Crippen molar-refractivity contribution in [2.24, 2.45) is 0 Å². The van der Waals surface area contributed by atoms with Crippen LogP contribution in [0.15, 0.2) is 16.7 Å². The molecule has 1 rings (SSSR count). The molecule has 0 aliphatic rings. The zero-order valence-corrected chi connectivity index (χ0v) is 9.28. The number of carboxylic acids is 1. The Bertz CT molecular complexity index is 383. The SMILES string of the molecule is Cl.O=C(O)c1ncc(C(F)(F)F)cc1Br. The summed E-state index contributed by atoms with van der Waals surface area (Å²) in [7, 11) is 0. The fourth-order valence-corrected chi connectivity index (χ4v) is 1.27. The summed E-state index contributed by atoms with van der Waals surface area (Å²) >= 11 is 2.70. The van der Waals surface area contributed by atoms with Crippen molar-refractivity contribution in [1.29, 1.82) is 0 Å². The Hall–Kier alpha value is -0.820. The van der Waals surface area contributed by atoms with Crippen molar-refractivity contribution in [1.82, 2.24) is 4.98 Å². The van der Waals surface area contributed by atoms with E-state index in [1.807, 2.05) is 0 Å². The molecule has 1 aromatic rings. The van der Waals surface area contributed by atoms with E-state index >= 15 is 0 Å². The molecule has 0 unspecified atom stereocenters. The maximum atomic E-state index is 12.1. The molecule has 0 spiro atoms. The van der Waals surface area contributed by atoms with E-state index in [1.165, 1.54) is 0 Å². The highest BCUT2D eigenvalue weighted by Crippen LogP contribution is 2.31. The van der Waals surface area contributed by atoms with Gasteiger partial charge < -0.3 is 5.11 Å². The van der Waals surface area contributed by atoms with Gasteiger partial charge in [0, 0.05) is 6.20 Å².